The van der Waals surface area contributed by atoms with E-state index in [0.29, 0.717) is 11.6 Å². The number of guanidine groups is 1. The van der Waals surface area contributed by atoms with Crippen LogP contribution in [-0.4, -0.2) is 27.3 Å². The lowest BCUT2D eigenvalue weighted by Gasteiger charge is -2.14. The molecule has 0 amide bonds. The third kappa shape index (κ3) is 2.97. The molecule has 3 aromatic rings. The van der Waals surface area contributed by atoms with Gasteiger partial charge in [-0.1, -0.05) is 35.9 Å². The maximum absolute atomic E-state index is 9.38. The van der Waals surface area contributed by atoms with Gasteiger partial charge in [-0.05, 0) is 29.8 Å². The second-order valence-corrected chi connectivity index (χ2v) is 6.16. The van der Waals surface area contributed by atoms with E-state index in [2.05, 4.69) is 37.5 Å². The zero-order chi connectivity index (χ0) is 17.2. The Morgan fingerprint density at radius 3 is 2.80 bits per heavy atom. The van der Waals surface area contributed by atoms with E-state index < -0.39 is 0 Å². The number of hydroxylamine groups is 1. The first-order chi connectivity index (χ1) is 12.3. The molecule has 126 valence electrons. The van der Waals surface area contributed by atoms with Gasteiger partial charge in [-0.15, -0.1) is 0 Å². The molecule has 0 saturated heterocycles. The Morgan fingerprint density at radius 1 is 1.20 bits per heavy atom. The minimum atomic E-state index is 0.0454. The Balaban J connectivity index is 1.57. The van der Waals surface area contributed by atoms with Gasteiger partial charge in [0, 0.05) is 16.3 Å². The molecule has 0 bridgehead atoms. The van der Waals surface area contributed by atoms with E-state index in [1.54, 1.807) is 12.1 Å². The molecule has 1 unspecified atom stereocenters. The molecule has 0 aliphatic carbocycles. The second kappa shape index (κ2) is 6.58. The number of halogens is 1. The minimum Gasteiger partial charge on any atom is -0.325 e. The van der Waals surface area contributed by atoms with E-state index in [0.717, 1.165) is 11.4 Å². The minimum absolute atomic E-state index is 0.0454. The highest BCUT2D eigenvalue weighted by molar-refractivity contribution is 6.30. The number of nitrogens with one attached hydrogen (secondary N) is 2. The molecule has 3 N–H and O–H groups in total. The van der Waals surface area contributed by atoms with Crippen LogP contribution in [0.5, 0.6) is 0 Å². The van der Waals surface area contributed by atoms with Crippen molar-refractivity contribution in [2.45, 2.75) is 6.04 Å². The predicted octanol–water partition coefficient (Wildman–Crippen LogP) is 3.55. The number of nitrogens with zero attached hydrogens (tertiary/aromatic N) is 3. The van der Waals surface area contributed by atoms with E-state index in [1.807, 2.05) is 36.8 Å². The molecule has 2 aromatic carbocycles. The number of aliphatic imine (C=N–C) groups is 1. The molecule has 1 aromatic heterocycles. The molecule has 1 aliphatic rings. The van der Waals surface area contributed by atoms with Crippen LogP contribution in [0.3, 0.4) is 0 Å². The van der Waals surface area contributed by atoms with Gasteiger partial charge in [0.25, 0.3) is 0 Å². The van der Waals surface area contributed by atoms with Crippen LogP contribution in [0.25, 0.3) is 11.3 Å². The monoisotopic (exact) mass is 353 g/mol. The number of anilines is 1. The lowest BCUT2D eigenvalue weighted by Crippen LogP contribution is -2.28. The molecule has 0 radical (unpaired) electrons. The Morgan fingerprint density at radius 2 is 2.00 bits per heavy atom. The Labute approximate surface area is 149 Å². The van der Waals surface area contributed by atoms with Gasteiger partial charge in [-0.25, -0.2) is 15.5 Å². The summed E-state index contributed by atoms with van der Waals surface area (Å²) in [4.78, 5) is 8.72. The third-order valence-electron chi connectivity index (χ3n) is 4.23. The van der Waals surface area contributed by atoms with Crippen molar-refractivity contribution in [3.63, 3.8) is 0 Å². The number of fused-ring (bicyclic) bond motifs is 3. The highest BCUT2D eigenvalue weighted by Crippen LogP contribution is 2.38. The molecular weight excluding hydrogens is 338 g/mol. The molecule has 7 heteroatoms. The molecule has 0 fully saturated rings. The topological polar surface area (TPSA) is 74.5 Å². The number of rotatable bonds is 3. The van der Waals surface area contributed by atoms with Crippen LogP contribution in [0, 0.1) is 0 Å². The molecule has 0 saturated carbocycles. The summed E-state index contributed by atoms with van der Waals surface area (Å²) < 4.78 is 2.10. The van der Waals surface area contributed by atoms with Gasteiger partial charge >= 0.3 is 0 Å². The van der Waals surface area contributed by atoms with E-state index >= 15 is 0 Å². The van der Waals surface area contributed by atoms with Crippen LogP contribution in [0.15, 0.2) is 66.0 Å². The molecule has 0 spiro atoms. The number of aromatic nitrogens is 2. The Hall–Kier alpha value is -2.83. The summed E-state index contributed by atoms with van der Waals surface area (Å²) in [5.41, 5.74) is 6.34. The highest BCUT2D eigenvalue weighted by Gasteiger charge is 2.27. The van der Waals surface area contributed by atoms with Crippen molar-refractivity contribution in [1.29, 1.82) is 0 Å². The van der Waals surface area contributed by atoms with Crippen LogP contribution >= 0.6 is 11.6 Å². The number of hydrogen-bond acceptors (Lipinski definition) is 3. The molecule has 6 nitrogen and oxygen atoms in total. The van der Waals surface area contributed by atoms with Crippen LogP contribution in [0.1, 0.15) is 11.6 Å². The largest absolute Gasteiger partial charge is 0.325 e. The molecule has 25 heavy (non-hydrogen) atoms. The van der Waals surface area contributed by atoms with E-state index in [-0.39, 0.29) is 12.0 Å². The fraction of sp³-hybridized carbons (Fsp3) is 0.111. The first-order valence-corrected chi connectivity index (χ1v) is 8.22. The molecule has 1 aliphatic heterocycles. The lowest BCUT2D eigenvalue weighted by atomic mass is 10.0. The predicted molar refractivity (Wildman–Crippen MR) is 98.1 cm³/mol. The summed E-state index contributed by atoms with van der Waals surface area (Å²) in [7, 11) is 0. The van der Waals surface area contributed by atoms with Gasteiger partial charge in [-0.2, -0.15) is 0 Å². The number of imidazole rings is 1. The zero-order valence-corrected chi connectivity index (χ0v) is 14.0. The summed E-state index contributed by atoms with van der Waals surface area (Å²) >= 11 is 5.88. The second-order valence-electron chi connectivity index (χ2n) is 5.72. The lowest BCUT2D eigenvalue weighted by molar-refractivity contribution is 0.233. The van der Waals surface area contributed by atoms with Crippen LogP contribution in [-0.2, 0) is 0 Å². The van der Waals surface area contributed by atoms with Gasteiger partial charge in [-0.3, -0.25) is 5.21 Å². The Kier molecular flexibility index (Phi) is 4.13. The van der Waals surface area contributed by atoms with E-state index in [4.69, 9.17) is 11.6 Å². The van der Waals surface area contributed by atoms with Crippen LogP contribution < -0.4 is 10.8 Å². The summed E-state index contributed by atoms with van der Waals surface area (Å²) in [6.07, 6.45) is 3.67. The van der Waals surface area contributed by atoms with Gasteiger partial charge in [0.2, 0.25) is 5.96 Å². The summed E-state index contributed by atoms with van der Waals surface area (Å²) in [5.74, 6) is 0.272. The van der Waals surface area contributed by atoms with Crippen molar-refractivity contribution in [2.24, 2.45) is 4.99 Å². The first-order valence-electron chi connectivity index (χ1n) is 7.84. The van der Waals surface area contributed by atoms with Crippen LogP contribution in [0.4, 0.5) is 5.69 Å². The molecule has 1 atom stereocenters. The van der Waals surface area contributed by atoms with Crippen molar-refractivity contribution in [3.8, 4) is 11.3 Å². The maximum atomic E-state index is 9.38. The van der Waals surface area contributed by atoms with E-state index in [9.17, 15) is 5.21 Å². The average molecular weight is 354 g/mol. The summed E-state index contributed by atoms with van der Waals surface area (Å²) in [6, 6.07) is 15.4. The zero-order valence-electron chi connectivity index (χ0n) is 13.2. The smallest absolute Gasteiger partial charge is 0.220 e. The molecular formula is C18H16ClN5O. The third-order valence-corrected chi connectivity index (χ3v) is 4.48. The Bertz CT molecular complexity index is 919. The fourth-order valence-electron chi connectivity index (χ4n) is 3.07. The quantitative estimate of drug-likeness (QED) is 0.382. The molecule has 4 rings (SSSR count). The maximum Gasteiger partial charge on any atom is 0.220 e. The van der Waals surface area contributed by atoms with E-state index in [1.165, 1.54) is 11.1 Å². The van der Waals surface area contributed by atoms with Crippen molar-refractivity contribution < 1.29 is 5.21 Å². The van der Waals surface area contributed by atoms with Crippen molar-refractivity contribution in [1.82, 2.24) is 15.0 Å². The van der Waals surface area contributed by atoms with Crippen molar-refractivity contribution in [2.75, 3.05) is 11.9 Å². The van der Waals surface area contributed by atoms with Crippen LogP contribution in [0.2, 0.25) is 5.02 Å². The summed E-state index contributed by atoms with van der Waals surface area (Å²) in [5, 5.41) is 13.1. The fourth-order valence-corrected chi connectivity index (χ4v) is 3.20. The highest BCUT2D eigenvalue weighted by atomic mass is 35.5. The van der Waals surface area contributed by atoms with Gasteiger partial charge in [0.05, 0.1) is 30.8 Å². The standard InChI is InChI=1S/C18H16ClN5O/c19-12-5-7-13(8-6-12)22-18(23-25)21-10-17-15-4-2-1-3-14(15)16-9-20-11-24(16)17/h1-9,11,17,25H,10H2,(H2,21,22,23). The van der Waals surface area contributed by atoms with Gasteiger partial charge in [0.15, 0.2) is 0 Å². The first kappa shape index (κ1) is 15.7. The normalized spacial score (nSPS) is 15.6. The van der Waals surface area contributed by atoms with Gasteiger partial charge in [0.1, 0.15) is 0 Å². The van der Waals surface area contributed by atoms with Gasteiger partial charge < -0.3 is 9.88 Å². The molecule has 2 heterocycles. The van der Waals surface area contributed by atoms with Crippen molar-refractivity contribution in [3.05, 3.63) is 71.6 Å². The number of hydrogen-bond donors (Lipinski definition) is 3. The summed E-state index contributed by atoms with van der Waals surface area (Å²) in [6.45, 7) is 0.462. The SMILES string of the molecule is ONC(=NCC1c2ccccc2-c2cncn21)Nc1ccc(Cl)cc1. The van der Waals surface area contributed by atoms with Crippen molar-refractivity contribution >= 4 is 23.2 Å². The average Bonchev–Trinajstić information content (AvgIpc) is 3.22. The number of benzene rings is 2.